The van der Waals surface area contributed by atoms with Gasteiger partial charge in [0.2, 0.25) is 5.95 Å². The van der Waals surface area contributed by atoms with Crippen LogP contribution in [-0.4, -0.2) is 60.8 Å². The maximum atomic E-state index is 12.3. The van der Waals surface area contributed by atoms with E-state index < -0.39 is 12.0 Å². The second-order valence-corrected chi connectivity index (χ2v) is 5.43. The van der Waals surface area contributed by atoms with Gasteiger partial charge in [0.1, 0.15) is 6.04 Å². The smallest absolute Gasteiger partial charge is 0.341 e. The molecule has 1 fully saturated rings. The standard InChI is InChI=1S/C16H24N4O4/c1-3-5-8-24-15(22)13-11-17-6-7-20(13)16-18-9-12(10-19-16)14(21)23-4-2/h9-10,13,17H,3-8,11H2,1-2H3. The fourth-order valence-electron chi connectivity index (χ4n) is 2.36. The molecule has 8 nitrogen and oxygen atoms in total. The zero-order chi connectivity index (χ0) is 17.4. The highest BCUT2D eigenvalue weighted by Crippen LogP contribution is 2.15. The molecule has 0 spiro atoms. The molecule has 1 N–H and O–H groups in total. The highest BCUT2D eigenvalue weighted by atomic mass is 16.5. The van der Waals surface area contributed by atoms with E-state index in [4.69, 9.17) is 9.47 Å². The number of esters is 2. The van der Waals surface area contributed by atoms with Gasteiger partial charge in [0, 0.05) is 32.0 Å². The van der Waals surface area contributed by atoms with Gasteiger partial charge in [0.15, 0.2) is 0 Å². The van der Waals surface area contributed by atoms with Crippen LogP contribution in [0.5, 0.6) is 0 Å². The summed E-state index contributed by atoms with van der Waals surface area (Å²) in [5.74, 6) is -0.337. The first-order valence-electron chi connectivity index (χ1n) is 8.30. The van der Waals surface area contributed by atoms with Crippen molar-refractivity contribution >= 4 is 17.9 Å². The highest BCUT2D eigenvalue weighted by Gasteiger charge is 2.31. The van der Waals surface area contributed by atoms with Gasteiger partial charge < -0.3 is 19.7 Å². The van der Waals surface area contributed by atoms with Gasteiger partial charge in [-0.25, -0.2) is 19.6 Å². The molecule has 1 atom stereocenters. The van der Waals surface area contributed by atoms with E-state index in [1.54, 1.807) is 11.8 Å². The van der Waals surface area contributed by atoms with Crippen LogP contribution in [0, 0.1) is 0 Å². The zero-order valence-electron chi connectivity index (χ0n) is 14.2. The maximum Gasteiger partial charge on any atom is 0.341 e. The number of piperazine rings is 1. The molecule has 8 heteroatoms. The van der Waals surface area contributed by atoms with Crippen LogP contribution in [0.2, 0.25) is 0 Å². The van der Waals surface area contributed by atoms with Gasteiger partial charge in [0.25, 0.3) is 0 Å². The summed E-state index contributed by atoms with van der Waals surface area (Å²) in [5.41, 5.74) is 0.290. The molecule has 0 aromatic carbocycles. The normalized spacial score (nSPS) is 17.4. The quantitative estimate of drug-likeness (QED) is 0.576. The molecule has 0 bridgehead atoms. The third-order valence-electron chi connectivity index (χ3n) is 3.66. The Morgan fingerprint density at radius 3 is 2.71 bits per heavy atom. The molecule has 0 saturated carbocycles. The van der Waals surface area contributed by atoms with E-state index in [0.29, 0.717) is 32.3 Å². The summed E-state index contributed by atoms with van der Waals surface area (Å²) in [6.45, 7) is 6.29. The van der Waals surface area contributed by atoms with Crippen LogP contribution < -0.4 is 10.2 Å². The number of nitrogens with one attached hydrogen (secondary N) is 1. The Kier molecular flexibility index (Phi) is 6.92. The Hall–Kier alpha value is -2.22. The number of anilines is 1. The van der Waals surface area contributed by atoms with Gasteiger partial charge in [-0.2, -0.15) is 0 Å². The van der Waals surface area contributed by atoms with Gasteiger partial charge in [-0.1, -0.05) is 13.3 Å². The van der Waals surface area contributed by atoms with Crippen LogP contribution in [0.15, 0.2) is 12.4 Å². The summed E-state index contributed by atoms with van der Waals surface area (Å²) >= 11 is 0. The van der Waals surface area contributed by atoms with Gasteiger partial charge in [-0.15, -0.1) is 0 Å². The van der Waals surface area contributed by atoms with E-state index >= 15 is 0 Å². The third-order valence-corrected chi connectivity index (χ3v) is 3.66. The second kappa shape index (κ2) is 9.17. The van der Waals surface area contributed by atoms with E-state index in [0.717, 1.165) is 19.4 Å². The largest absolute Gasteiger partial charge is 0.464 e. The molecule has 132 valence electrons. The van der Waals surface area contributed by atoms with Crippen LogP contribution in [0.3, 0.4) is 0 Å². The van der Waals surface area contributed by atoms with Crippen molar-refractivity contribution in [3.63, 3.8) is 0 Å². The lowest BCUT2D eigenvalue weighted by molar-refractivity contribution is -0.145. The molecule has 0 amide bonds. The molecule has 0 radical (unpaired) electrons. The number of hydrogen-bond acceptors (Lipinski definition) is 8. The molecule has 1 aromatic heterocycles. The third kappa shape index (κ3) is 4.64. The minimum absolute atomic E-state index is 0.284. The van der Waals surface area contributed by atoms with E-state index in [2.05, 4.69) is 15.3 Å². The van der Waals surface area contributed by atoms with Crippen molar-refractivity contribution in [3.8, 4) is 0 Å². The molecule has 1 aliphatic heterocycles. The SMILES string of the molecule is CCCCOC(=O)C1CNCCN1c1ncc(C(=O)OCC)cn1. The van der Waals surface area contributed by atoms with Crippen LogP contribution in [0.25, 0.3) is 0 Å². The summed E-state index contributed by atoms with van der Waals surface area (Å²) in [4.78, 5) is 34.2. The number of ether oxygens (including phenoxy) is 2. The monoisotopic (exact) mass is 336 g/mol. The van der Waals surface area contributed by atoms with Crippen molar-refractivity contribution in [2.24, 2.45) is 0 Å². The number of rotatable bonds is 7. The minimum Gasteiger partial charge on any atom is -0.464 e. The van der Waals surface area contributed by atoms with E-state index in [-0.39, 0.29) is 11.5 Å². The molecular weight excluding hydrogens is 312 g/mol. The Morgan fingerprint density at radius 2 is 2.04 bits per heavy atom. The highest BCUT2D eigenvalue weighted by molar-refractivity contribution is 5.88. The first-order chi connectivity index (χ1) is 11.7. The molecule has 1 unspecified atom stereocenters. The predicted octanol–water partition coefficient (Wildman–Crippen LogP) is 0.775. The number of nitrogens with zero attached hydrogens (tertiary/aromatic N) is 3. The minimum atomic E-state index is -0.468. The van der Waals surface area contributed by atoms with Crippen LogP contribution in [0.4, 0.5) is 5.95 Å². The Bertz CT molecular complexity index is 550. The predicted molar refractivity (Wildman–Crippen MR) is 87.9 cm³/mol. The molecule has 2 heterocycles. The van der Waals surface area contributed by atoms with Crippen molar-refractivity contribution in [2.45, 2.75) is 32.7 Å². The topological polar surface area (TPSA) is 93.7 Å². The fourth-order valence-corrected chi connectivity index (χ4v) is 2.36. The summed E-state index contributed by atoms with van der Waals surface area (Å²) in [5, 5.41) is 3.18. The number of carbonyl (C=O) groups is 2. The zero-order valence-corrected chi connectivity index (χ0v) is 14.2. The summed E-state index contributed by atoms with van der Waals surface area (Å²) in [6.07, 6.45) is 4.65. The lowest BCUT2D eigenvalue weighted by Crippen LogP contribution is -2.56. The van der Waals surface area contributed by atoms with Crippen LogP contribution in [0.1, 0.15) is 37.0 Å². The number of hydrogen-bond donors (Lipinski definition) is 1. The molecule has 24 heavy (non-hydrogen) atoms. The molecular formula is C16H24N4O4. The molecule has 1 aliphatic rings. The molecule has 0 aliphatic carbocycles. The first kappa shape index (κ1) is 18.1. The van der Waals surface area contributed by atoms with Gasteiger partial charge in [-0.05, 0) is 13.3 Å². The average molecular weight is 336 g/mol. The molecule has 2 rings (SSSR count). The van der Waals surface area contributed by atoms with Gasteiger partial charge in [0.05, 0.1) is 18.8 Å². The van der Waals surface area contributed by atoms with Crippen molar-refractivity contribution in [3.05, 3.63) is 18.0 Å². The summed E-state index contributed by atoms with van der Waals surface area (Å²) in [7, 11) is 0. The van der Waals surface area contributed by atoms with Crippen molar-refractivity contribution in [1.82, 2.24) is 15.3 Å². The van der Waals surface area contributed by atoms with Gasteiger partial charge in [-0.3, -0.25) is 0 Å². The lowest BCUT2D eigenvalue weighted by atomic mass is 10.2. The maximum absolute atomic E-state index is 12.3. The Morgan fingerprint density at radius 1 is 1.29 bits per heavy atom. The summed E-state index contributed by atoms with van der Waals surface area (Å²) < 4.78 is 10.2. The first-order valence-corrected chi connectivity index (χ1v) is 8.30. The Balaban J connectivity index is 2.06. The fraction of sp³-hybridized carbons (Fsp3) is 0.625. The van der Waals surface area contributed by atoms with Gasteiger partial charge >= 0.3 is 11.9 Å². The van der Waals surface area contributed by atoms with Crippen molar-refractivity contribution in [2.75, 3.05) is 37.7 Å². The van der Waals surface area contributed by atoms with E-state index in [9.17, 15) is 9.59 Å². The number of aromatic nitrogens is 2. The summed E-state index contributed by atoms with van der Waals surface area (Å²) in [6, 6.07) is -0.468. The lowest BCUT2D eigenvalue weighted by Gasteiger charge is -2.34. The molecule has 1 aromatic rings. The molecule has 1 saturated heterocycles. The number of unbranched alkanes of at least 4 members (excludes halogenated alkanes) is 1. The van der Waals surface area contributed by atoms with Crippen LogP contribution >= 0.6 is 0 Å². The average Bonchev–Trinajstić information content (AvgIpc) is 2.62. The van der Waals surface area contributed by atoms with E-state index in [1.165, 1.54) is 12.4 Å². The van der Waals surface area contributed by atoms with Crippen LogP contribution in [-0.2, 0) is 14.3 Å². The van der Waals surface area contributed by atoms with Crippen molar-refractivity contribution < 1.29 is 19.1 Å². The Labute approximate surface area is 141 Å². The number of carbonyl (C=O) groups excluding carboxylic acids is 2. The second-order valence-electron chi connectivity index (χ2n) is 5.43. The van der Waals surface area contributed by atoms with Crippen molar-refractivity contribution in [1.29, 1.82) is 0 Å². The van der Waals surface area contributed by atoms with E-state index in [1.807, 2.05) is 6.92 Å².